The molecule has 146 valence electrons. The summed E-state index contributed by atoms with van der Waals surface area (Å²) in [5.74, 6) is 2.41. The highest BCUT2D eigenvalue weighted by atomic mass is 127. The first kappa shape index (κ1) is 21.2. The average Bonchev–Trinajstić information content (AvgIpc) is 3.47. The third kappa shape index (κ3) is 6.57. The highest BCUT2D eigenvalue weighted by Crippen LogP contribution is 2.29. The van der Waals surface area contributed by atoms with Crippen molar-refractivity contribution in [1.29, 1.82) is 0 Å². The lowest BCUT2D eigenvalue weighted by Gasteiger charge is -2.34. The Hall–Kier alpha value is -1.09. The molecule has 1 aromatic rings. The molecule has 2 aliphatic rings. The van der Waals surface area contributed by atoms with Gasteiger partial charge in [0.1, 0.15) is 0 Å². The predicted molar refractivity (Wildman–Crippen MR) is 114 cm³/mol. The number of hydrogen-bond acceptors (Lipinski definition) is 4. The van der Waals surface area contributed by atoms with Crippen LogP contribution >= 0.6 is 24.0 Å². The standard InChI is InChI=1S/C19H30N4O2.HI/c1-3-24-17-7-10-23(11-8-17)19(20-2)22-13-16-6-9-21-18(12-16)25-14-15-4-5-15;/h6,9,12,15,17H,3-5,7-8,10-11,13-14H2,1-2H3,(H,20,22);1H. The molecule has 2 fully saturated rings. The van der Waals surface area contributed by atoms with Gasteiger partial charge >= 0.3 is 0 Å². The molecule has 3 rings (SSSR count). The molecule has 1 aromatic heterocycles. The van der Waals surface area contributed by atoms with Crippen molar-refractivity contribution < 1.29 is 9.47 Å². The summed E-state index contributed by atoms with van der Waals surface area (Å²) < 4.78 is 11.5. The van der Waals surface area contributed by atoms with E-state index in [-0.39, 0.29) is 24.0 Å². The molecule has 1 N–H and O–H groups in total. The minimum atomic E-state index is 0. The van der Waals surface area contributed by atoms with Crippen LogP contribution in [0.3, 0.4) is 0 Å². The van der Waals surface area contributed by atoms with Crippen LogP contribution in [0.2, 0.25) is 0 Å². The second-order valence-electron chi connectivity index (χ2n) is 6.80. The van der Waals surface area contributed by atoms with E-state index in [4.69, 9.17) is 9.47 Å². The quantitative estimate of drug-likeness (QED) is 0.374. The van der Waals surface area contributed by atoms with E-state index in [2.05, 4.69) is 27.1 Å². The molecule has 0 amide bonds. The summed E-state index contributed by atoms with van der Waals surface area (Å²) in [4.78, 5) is 11.0. The van der Waals surface area contributed by atoms with E-state index in [1.165, 1.54) is 12.8 Å². The third-order valence-corrected chi connectivity index (χ3v) is 4.77. The minimum absolute atomic E-state index is 0. The lowest BCUT2D eigenvalue weighted by Crippen LogP contribution is -2.46. The van der Waals surface area contributed by atoms with Gasteiger partial charge in [0.2, 0.25) is 5.88 Å². The Morgan fingerprint density at radius 2 is 2.08 bits per heavy atom. The Balaban J connectivity index is 0.00000243. The Labute approximate surface area is 173 Å². The molecule has 1 aliphatic heterocycles. The Morgan fingerprint density at radius 1 is 1.31 bits per heavy atom. The van der Waals surface area contributed by atoms with E-state index in [9.17, 15) is 0 Å². The molecule has 1 aliphatic carbocycles. The van der Waals surface area contributed by atoms with Crippen molar-refractivity contribution in [2.75, 3.05) is 33.4 Å². The average molecular weight is 474 g/mol. The number of aliphatic imine (C=N–C) groups is 1. The number of guanidine groups is 1. The topological polar surface area (TPSA) is 59.0 Å². The van der Waals surface area contributed by atoms with Gasteiger partial charge in [-0.25, -0.2) is 4.98 Å². The molecule has 0 spiro atoms. The molecule has 0 unspecified atom stereocenters. The summed E-state index contributed by atoms with van der Waals surface area (Å²) in [5, 5.41) is 3.46. The zero-order valence-corrected chi connectivity index (χ0v) is 18.1. The van der Waals surface area contributed by atoms with Crippen LogP contribution < -0.4 is 10.1 Å². The molecule has 0 atom stereocenters. The van der Waals surface area contributed by atoms with Crippen LogP contribution in [0.4, 0.5) is 0 Å². The van der Waals surface area contributed by atoms with Gasteiger partial charge in [0.05, 0.1) is 12.7 Å². The number of nitrogens with one attached hydrogen (secondary N) is 1. The SMILES string of the molecule is CCOC1CCN(C(=NC)NCc2ccnc(OCC3CC3)c2)CC1.I. The van der Waals surface area contributed by atoms with Gasteiger partial charge in [-0.05, 0) is 50.2 Å². The first-order valence-electron chi connectivity index (χ1n) is 9.43. The molecule has 2 heterocycles. The molecule has 7 heteroatoms. The number of hydrogen-bond donors (Lipinski definition) is 1. The van der Waals surface area contributed by atoms with Gasteiger partial charge in [0.25, 0.3) is 0 Å². The number of rotatable bonds is 7. The number of halogens is 1. The molecular weight excluding hydrogens is 443 g/mol. The van der Waals surface area contributed by atoms with Gasteiger partial charge in [-0.15, -0.1) is 24.0 Å². The zero-order chi connectivity index (χ0) is 17.5. The fourth-order valence-electron chi connectivity index (χ4n) is 3.11. The summed E-state index contributed by atoms with van der Waals surface area (Å²) in [6.07, 6.45) is 6.90. The Bertz CT molecular complexity index is 572. The summed E-state index contributed by atoms with van der Waals surface area (Å²) in [6, 6.07) is 4.04. The van der Waals surface area contributed by atoms with Gasteiger partial charge in [0, 0.05) is 45.6 Å². The van der Waals surface area contributed by atoms with Gasteiger partial charge < -0.3 is 19.7 Å². The van der Waals surface area contributed by atoms with Crippen molar-refractivity contribution >= 4 is 29.9 Å². The molecule has 0 aromatic carbocycles. The van der Waals surface area contributed by atoms with Crippen molar-refractivity contribution in [3.63, 3.8) is 0 Å². The minimum Gasteiger partial charge on any atom is -0.477 e. The lowest BCUT2D eigenvalue weighted by molar-refractivity contribution is 0.0263. The van der Waals surface area contributed by atoms with Gasteiger partial charge in [-0.2, -0.15) is 0 Å². The number of likely N-dealkylation sites (tertiary alicyclic amines) is 1. The number of ether oxygens (including phenoxy) is 2. The van der Waals surface area contributed by atoms with Crippen LogP contribution in [-0.2, 0) is 11.3 Å². The monoisotopic (exact) mass is 474 g/mol. The second kappa shape index (κ2) is 10.9. The Kier molecular flexibility index (Phi) is 8.90. The maximum absolute atomic E-state index is 5.76. The molecule has 0 bridgehead atoms. The van der Waals surface area contributed by atoms with Crippen molar-refractivity contribution in [3.05, 3.63) is 23.9 Å². The maximum Gasteiger partial charge on any atom is 0.213 e. The van der Waals surface area contributed by atoms with Crippen LogP contribution in [-0.4, -0.2) is 55.3 Å². The number of aromatic nitrogens is 1. The fourth-order valence-corrected chi connectivity index (χ4v) is 3.11. The predicted octanol–water partition coefficient (Wildman–Crippen LogP) is 3.06. The summed E-state index contributed by atoms with van der Waals surface area (Å²) in [7, 11) is 1.84. The Morgan fingerprint density at radius 3 is 2.73 bits per heavy atom. The fraction of sp³-hybridized carbons (Fsp3) is 0.684. The van der Waals surface area contributed by atoms with Crippen molar-refractivity contribution in [2.45, 2.75) is 45.3 Å². The van der Waals surface area contributed by atoms with Crippen LogP contribution in [0.1, 0.15) is 38.2 Å². The zero-order valence-electron chi connectivity index (χ0n) is 15.8. The molecule has 1 saturated carbocycles. The number of nitrogens with zero attached hydrogens (tertiary/aromatic N) is 3. The van der Waals surface area contributed by atoms with E-state index in [0.717, 1.165) is 69.0 Å². The van der Waals surface area contributed by atoms with Crippen LogP contribution in [0.15, 0.2) is 23.3 Å². The normalized spacial score (nSPS) is 18.4. The lowest BCUT2D eigenvalue weighted by atomic mass is 10.1. The van der Waals surface area contributed by atoms with Crippen molar-refractivity contribution in [2.24, 2.45) is 10.9 Å². The van der Waals surface area contributed by atoms with Gasteiger partial charge in [0.15, 0.2) is 5.96 Å². The molecule has 1 saturated heterocycles. The first-order chi connectivity index (χ1) is 12.3. The highest BCUT2D eigenvalue weighted by Gasteiger charge is 2.22. The van der Waals surface area contributed by atoms with Gasteiger partial charge in [-0.3, -0.25) is 4.99 Å². The number of piperidine rings is 1. The molecule has 26 heavy (non-hydrogen) atoms. The van der Waals surface area contributed by atoms with E-state index < -0.39 is 0 Å². The smallest absolute Gasteiger partial charge is 0.213 e. The number of pyridine rings is 1. The molecular formula is C19H31IN4O2. The van der Waals surface area contributed by atoms with Crippen LogP contribution in [0.25, 0.3) is 0 Å². The van der Waals surface area contributed by atoms with Gasteiger partial charge in [-0.1, -0.05) is 0 Å². The van der Waals surface area contributed by atoms with Crippen LogP contribution in [0.5, 0.6) is 5.88 Å². The summed E-state index contributed by atoms with van der Waals surface area (Å²) in [5.41, 5.74) is 1.16. The van der Waals surface area contributed by atoms with E-state index >= 15 is 0 Å². The van der Waals surface area contributed by atoms with Crippen LogP contribution in [0, 0.1) is 5.92 Å². The maximum atomic E-state index is 5.76. The molecule has 0 radical (unpaired) electrons. The highest BCUT2D eigenvalue weighted by molar-refractivity contribution is 14.0. The van der Waals surface area contributed by atoms with Crippen molar-refractivity contribution in [3.8, 4) is 5.88 Å². The third-order valence-electron chi connectivity index (χ3n) is 4.77. The second-order valence-corrected chi connectivity index (χ2v) is 6.80. The first-order valence-corrected chi connectivity index (χ1v) is 9.43. The van der Waals surface area contributed by atoms with E-state index in [0.29, 0.717) is 6.10 Å². The van der Waals surface area contributed by atoms with Crippen molar-refractivity contribution in [1.82, 2.24) is 15.2 Å². The van der Waals surface area contributed by atoms with E-state index in [1.807, 2.05) is 25.4 Å². The van der Waals surface area contributed by atoms with E-state index in [1.54, 1.807) is 0 Å². The largest absolute Gasteiger partial charge is 0.477 e. The molecule has 6 nitrogen and oxygen atoms in total. The summed E-state index contributed by atoms with van der Waals surface area (Å²) in [6.45, 7) is 6.34. The summed E-state index contributed by atoms with van der Waals surface area (Å²) >= 11 is 0.